The molecule has 1 aliphatic rings. The van der Waals surface area contributed by atoms with Crippen LogP contribution in [0.4, 0.5) is 0 Å². The summed E-state index contributed by atoms with van der Waals surface area (Å²) in [4.78, 5) is 2.20. The van der Waals surface area contributed by atoms with Crippen molar-refractivity contribution in [2.24, 2.45) is 11.3 Å². The third-order valence-corrected chi connectivity index (χ3v) is 3.74. The zero-order valence-electron chi connectivity index (χ0n) is 9.94. The van der Waals surface area contributed by atoms with Crippen LogP contribution in [0.3, 0.4) is 0 Å². The maximum atomic E-state index is 9.33. The van der Waals surface area contributed by atoms with E-state index >= 15 is 0 Å². The number of hydrogen-bond acceptors (Lipinski definition) is 4. The van der Waals surface area contributed by atoms with E-state index in [9.17, 15) is 5.26 Å². The van der Waals surface area contributed by atoms with Crippen LogP contribution >= 0.6 is 0 Å². The van der Waals surface area contributed by atoms with E-state index in [2.05, 4.69) is 11.0 Å². The summed E-state index contributed by atoms with van der Waals surface area (Å²) >= 11 is 0. The number of likely N-dealkylation sites (tertiary alicyclic amines) is 1. The van der Waals surface area contributed by atoms with Gasteiger partial charge in [-0.3, -0.25) is 0 Å². The highest BCUT2D eigenvalue weighted by Crippen LogP contribution is 2.42. The Morgan fingerprint density at radius 1 is 1.12 bits per heavy atom. The van der Waals surface area contributed by atoms with E-state index < -0.39 is 11.3 Å². The Morgan fingerprint density at radius 3 is 1.88 bits per heavy atom. The number of hydrogen-bond donors (Lipinski definition) is 0. The van der Waals surface area contributed by atoms with Crippen molar-refractivity contribution in [3.63, 3.8) is 0 Å². The van der Waals surface area contributed by atoms with E-state index in [1.54, 1.807) is 0 Å². The van der Waals surface area contributed by atoms with E-state index in [4.69, 9.17) is 10.5 Å². The van der Waals surface area contributed by atoms with E-state index in [0.717, 1.165) is 0 Å². The van der Waals surface area contributed by atoms with Gasteiger partial charge in [-0.1, -0.05) is 0 Å². The largest absolute Gasteiger partial charge is 0.301 e. The second kappa shape index (κ2) is 4.52. The van der Waals surface area contributed by atoms with Gasteiger partial charge < -0.3 is 4.90 Å². The Morgan fingerprint density at radius 2 is 1.56 bits per heavy atom. The normalized spacial score (nSPS) is 35.1. The molecule has 84 valence electrons. The highest BCUT2D eigenvalue weighted by molar-refractivity contribution is 5.20. The smallest absolute Gasteiger partial charge is 0.151 e. The van der Waals surface area contributed by atoms with Gasteiger partial charge >= 0.3 is 0 Å². The van der Waals surface area contributed by atoms with Gasteiger partial charge in [0.1, 0.15) is 0 Å². The molecule has 0 spiro atoms. The maximum Gasteiger partial charge on any atom is 0.151 e. The first-order valence-corrected chi connectivity index (χ1v) is 5.43. The fraction of sp³-hybridized carbons (Fsp3) is 0.750. The molecule has 0 aromatic rings. The summed E-state index contributed by atoms with van der Waals surface area (Å²) in [5.41, 5.74) is -0.797. The summed E-state index contributed by atoms with van der Waals surface area (Å²) < 4.78 is 0. The molecule has 0 aromatic heterocycles. The van der Waals surface area contributed by atoms with Crippen LogP contribution in [-0.4, -0.2) is 24.0 Å². The Balaban J connectivity index is 3.05. The molecule has 1 fully saturated rings. The Hall–Kier alpha value is -1.57. The first-order valence-electron chi connectivity index (χ1n) is 5.43. The Bertz CT molecular complexity index is 355. The molecule has 0 saturated carbocycles. The lowest BCUT2D eigenvalue weighted by Gasteiger charge is -2.44. The van der Waals surface area contributed by atoms with Crippen molar-refractivity contribution >= 4 is 0 Å². The topological polar surface area (TPSA) is 74.6 Å². The molecule has 2 unspecified atom stereocenters. The molecular formula is C12H16N4. The lowest BCUT2D eigenvalue weighted by molar-refractivity contribution is 0.0544. The summed E-state index contributed by atoms with van der Waals surface area (Å²) in [7, 11) is 2.02. The molecule has 0 bridgehead atoms. The van der Waals surface area contributed by atoms with Crippen molar-refractivity contribution in [2.75, 3.05) is 7.05 Å². The molecule has 0 amide bonds. The third kappa shape index (κ3) is 1.87. The van der Waals surface area contributed by atoms with Crippen LogP contribution in [0.2, 0.25) is 0 Å². The molecule has 0 aliphatic carbocycles. The van der Waals surface area contributed by atoms with Gasteiger partial charge in [0.05, 0.1) is 23.6 Å². The molecule has 1 aliphatic heterocycles. The molecule has 0 aromatic carbocycles. The molecule has 16 heavy (non-hydrogen) atoms. The first-order chi connectivity index (χ1) is 7.50. The number of nitrogens with zero attached hydrogens (tertiary/aromatic N) is 4. The summed E-state index contributed by atoms with van der Waals surface area (Å²) in [6, 6.07) is 6.62. The van der Waals surface area contributed by atoms with E-state index in [0.29, 0.717) is 12.8 Å². The number of piperidine rings is 1. The standard InChI is InChI=1S/C12H16N4/c1-9-4-12(8-15,11(6-13)7-14)5-10(2)16(9)3/h9-11H,4-5H2,1-3H3. The SMILES string of the molecule is CC1CC(C#N)(C(C#N)C#N)CC(C)N1C. The second-order valence-corrected chi connectivity index (χ2v) is 4.73. The summed E-state index contributed by atoms with van der Waals surface area (Å²) in [5, 5.41) is 27.3. The highest BCUT2D eigenvalue weighted by Gasteiger charge is 2.46. The average molecular weight is 216 g/mol. The lowest BCUT2D eigenvalue weighted by Crippen LogP contribution is -2.50. The van der Waals surface area contributed by atoms with Crippen LogP contribution in [0.25, 0.3) is 0 Å². The fourth-order valence-corrected chi connectivity index (χ4v) is 2.53. The molecule has 0 N–H and O–H groups in total. The molecular weight excluding hydrogens is 200 g/mol. The van der Waals surface area contributed by atoms with Crippen LogP contribution in [0.5, 0.6) is 0 Å². The minimum atomic E-state index is -0.823. The van der Waals surface area contributed by atoms with Gasteiger partial charge in [0.15, 0.2) is 5.92 Å². The molecule has 0 radical (unpaired) electrons. The molecule has 1 rings (SSSR count). The minimum Gasteiger partial charge on any atom is -0.301 e. The van der Waals surface area contributed by atoms with Gasteiger partial charge in [-0.2, -0.15) is 15.8 Å². The molecule has 4 nitrogen and oxygen atoms in total. The van der Waals surface area contributed by atoms with E-state index in [-0.39, 0.29) is 12.1 Å². The van der Waals surface area contributed by atoms with Gasteiger partial charge in [0.25, 0.3) is 0 Å². The second-order valence-electron chi connectivity index (χ2n) is 4.73. The summed E-state index contributed by atoms with van der Waals surface area (Å²) in [5.74, 6) is -0.823. The van der Waals surface area contributed by atoms with Crippen molar-refractivity contribution in [3.05, 3.63) is 0 Å². The summed E-state index contributed by atoms with van der Waals surface area (Å²) in [6.45, 7) is 4.07. The zero-order valence-corrected chi connectivity index (χ0v) is 9.94. The van der Waals surface area contributed by atoms with Gasteiger partial charge in [-0.15, -0.1) is 0 Å². The molecule has 1 saturated heterocycles. The first kappa shape index (κ1) is 12.5. The van der Waals surface area contributed by atoms with Gasteiger partial charge in [-0.25, -0.2) is 0 Å². The average Bonchev–Trinajstić information content (AvgIpc) is 2.27. The molecule has 1 heterocycles. The molecule has 4 heteroatoms. The van der Waals surface area contributed by atoms with Crippen molar-refractivity contribution in [1.29, 1.82) is 15.8 Å². The van der Waals surface area contributed by atoms with E-state index in [1.807, 2.05) is 33.0 Å². The van der Waals surface area contributed by atoms with Gasteiger partial charge in [0.2, 0.25) is 0 Å². The predicted octanol–water partition coefficient (Wildman–Crippen LogP) is 1.66. The van der Waals surface area contributed by atoms with Crippen molar-refractivity contribution in [2.45, 2.75) is 38.8 Å². The third-order valence-electron chi connectivity index (χ3n) is 3.74. The number of nitriles is 3. The van der Waals surface area contributed by atoms with Crippen molar-refractivity contribution in [3.8, 4) is 18.2 Å². The maximum absolute atomic E-state index is 9.33. The van der Waals surface area contributed by atoms with Gasteiger partial charge in [0, 0.05) is 12.1 Å². The quantitative estimate of drug-likeness (QED) is 0.668. The van der Waals surface area contributed by atoms with Crippen LogP contribution in [-0.2, 0) is 0 Å². The monoisotopic (exact) mass is 216 g/mol. The van der Waals surface area contributed by atoms with Gasteiger partial charge in [-0.05, 0) is 33.7 Å². The van der Waals surface area contributed by atoms with Crippen LogP contribution in [0.15, 0.2) is 0 Å². The van der Waals surface area contributed by atoms with Crippen molar-refractivity contribution in [1.82, 2.24) is 4.90 Å². The predicted molar refractivity (Wildman–Crippen MR) is 58.7 cm³/mol. The van der Waals surface area contributed by atoms with Crippen LogP contribution in [0, 0.1) is 45.3 Å². The Labute approximate surface area is 96.7 Å². The molecule has 2 atom stereocenters. The fourth-order valence-electron chi connectivity index (χ4n) is 2.53. The number of rotatable bonds is 1. The lowest BCUT2D eigenvalue weighted by atomic mass is 9.67. The van der Waals surface area contributed by atoms with Crippen LogP contribution in [0.1, 0.15) is 26.7 Å². The Kier molecular flexibility index (Phi) is 3.53. The minimum absolute atomic E-state index is 0.229. The zero-order chi connectivity index (χ0) is 12.3. The van der Waals surface area contributed by atoms with E-state index in [1.165, 1.54) is 0 Å². The van der Waals surface area contributed by atoms with Crippen LogP contribution < -0.4 is 0 Å². The van der Waals surface area contributed by atoms with Crippen molar-refractivity contribution < 1.29 is 0 Å². The highest BCUT2D eigenvalue weighted by atomic mass is 15.2. The summed E-state index contributed by atoms with van der Waals surface area (Å²) in [6.07, 6.45) is 1.19.